The van der Waals surface area contributed by atoms with E-state index in [-0.39, 0.29) is 0 Å². The first kappa shape index (κ1) is 11.7. The molecule has 3 heteroatoms. The van der Waals surface area contributed by atoms with Crippen LogP contribution in [0.2, 0.25) is 0 Å². The molecule has 1 aromatic heterocycles. The normalized spacial score (nSPS) is 12.2. The highest BCUT2D eigenvalue weighted by Crippen LogP contribution is 2.43. The predicted molar refractivity (Wildman–Crippen MR) is 84.9 cm³/mol. The maximum Gasteiger partial charge on any atom is 0.126 e. The van der Waals surface area contributed by atoms with Crippen molar-refractivity contribution in [3.63, 3.8) is 0 Å². The van der Waals surface area contributed by atoms with Gasteiger partial charge in [-0.1, -0.05) is 29.8 Å². The van der Waals surface area contributed by atoms with Gasteiger partial charge in [-0.25, -0.2) is 4.98 Å². The van der Waals surface area contributed by atoms with Crippen molar-refractivity contribution in [2.75, 3.05) is 5.73 Å². The molecule has 20 heavy (non-hydrogen) atoms. The van der Waals surface area contributed by atoms with Crippen LogP contribution in [0.3, 0.4) is 0 Å². The maximum atomic E-state index is 6.06. The van der Waals surface area contributed by atoms with Crippen molar-refractivity contribution in [1.29, 1.82) is 0 Å². The quantitative estimate of drug-likeness (QED) is 0.528. The second-order valence-corrected chi connectivity index (χ2v) is 6.30. The molecule has 2 aromatic carbocycles. The lowest BCUT2D eigenvalue weighted by Gasteiger charge is -2.03. The van der Waals surface area contributed by atoms with Gasteiger partial charge in [-0.15, -0.1) is 11.3 Å². The van der Waals surface area contributed by atoms with Crippen molar-refractivity contribution in [2.24, 2.45) is 0 Å². The number of rotatable bonds is 1. The fourth-order valence-electron chi connectivity index (χ4n) is 2.73. The largest absolute Gasteiger partial charge is 0.398 e. The molecule has 98 valence electrons. The Kier molecular flexibility index (Phi) is 2.44. The molecule has 2 nitrogen and oxygen atoms in total. The number of aryl methyl sites for hydroxylation is 1. The van der Waals surface area contributed by atoms with E-state index in [1.165, 1.54) is 21.6 Å². The van der Waals surface area contributed by atoms with Crippen LogP contribution in [0, 0.1) is 6.92 Å². The molecule has 0 bridgehead atoms. The summed E-state index contributed by atoms with van der Waals surface area (Å²) in [6.45, 7) is 2.13. The van der Waals surface area contributed by atoms with Gasteiger partial charge in [0.2, 0.25) is 0 Å². The standard InChI is InChI=1S/C17H14N2S/c1-10-6-7-11-9-15-16(13(11)8-10)19-17(20-15)12-4-2-3-5-14(12)18/h2-8H,9,18H2,1H3. The lowest BCUT2D eigenvalue weighted by molar-refractivity contribution is 1.30. The third-order valence-electron chi connectivity index (χ3n) is 3.76. The van der Waals surface area contributed by atoms with Crippen molar-refractivity contribution in [3.8, 4) is 21.8 Å². The van der Waals surface area contributed by atoms with Gasteiger partial charge in [-0.3, -0.25) is 0 Å². The van der Waals surface area contributed by atoms with Gasteiger partial charge >= 0.3 is 0 Å². The molecule has 4 rings (SSSR count). The van der Waals surface area contributed by atoms with Gasteiger partial charge in [0.15, 0.2) is 0 Å². The van der Waals surface area contributed by atoms with Crippen LogP contribution in [0.25, 0.3) is 21.8 Å². The monoisotopic (exact) mass is 278 g/mol. The molecule has 0 saturated carbocycles. The van der Waals surface area contributed by atoms with Gasteiger partial charge in [0.05, 0.1) is 5.69 Å². The number of hydrogen-bond acceptors (Lipinski definition) is 3. The van der Waals surface area contributed by atoms with Crippen LogP contribution in [0.1, 0.15) is 16.0 Å². The minimum atomic E-state index is 0.796. The second kappa shape index (κ2) is 4.18. The number of hydrogen-bond donors (Lipinski definition) is 1. The number of anilines is 1. The first-order chi connectivity index (χ1) is 9.72. The molecule has 0 atom stereocenters. The molecule has 0 unspecified atom stereocenters. The molecular formula is C17H14N2S. The molecule has 3 aromatic rings. The lowest BCUT2D eigenvalue weighted by atomic mass is 10.1. The number of nitrogens with zero attached hydrogens (tertiary/aromatic N) is 1. The van der Waals surface area contributed by atoms with E-state index in [2.05, 4.69) is 25.1 Å². The van der Waals surface area contributed by atoms with Gasteiger partial charge in [0, 0.05) is 28.1 Å². The summed E-state index contributed by atoms with van der Waals surface area (Å²) in [5.74, 6) is 0. The third-order valence-corrected chi connectivity index (χ3v) is 4.85. The van der Waals surface area contributed by atoms with Crippen LogP contribution in [0.4, 0.5) is 5.69 Å². The van der Waals surface area contributed by atoms with Crippen LogP contribution in [-0.2, 0) is 6.42 Å². The summed E-state index contributed by atoms with van der Waals surface area (Å²) >= 11 is 1.76. The highest BCUT2D eigenvalue weighted by Gasteiger charge is 2.24. The predicted octanol–water partition coefficient (Wildman–Crippen LogP) is 4.27. The van der Waals surface area contributed by atoms with E-state index >= 15 is 0 Å². The van der Waals surface area contributed by atoms with Crippen LogP contribution in [-0.4, -0.2) is 4.98 Å². The molecule has 0 spiro atoms. The van der Waals surface area contributed by atoms with Crippen LogP contribution >= 0.6 is 11.3 Å². The third kappa shape index (κ3) is 1.67. The Labute approximate surface area is 121 Å². The minimum Gasteiger partial charge on any atom is -0.398 e. The van der Waals surface area contributed by atoms with Crippen LogP contribution in [0.15, 0.2) is 42.5 Å². The molecule has 0 saturated heterocycles. The van der Waals surface area contributed by atoms with Crippen molar-refractivity contribution < 1.29 is 0 Å². The number of para-hydroxylation sites is 1. The molecule has 0 aliphatic heterocycles. The average molecular weight is 278 g/mol. The number of aromatic nitrogens is 1. The summed E-state index contributed by atoms with van der Waals surface area (Å²) in [5.41, 5.74) is 13.0. The molecule has 2 N–H and O–H groups in total. The Morgan fingerprint density at radius 3 is 2.80 bits per heavy atom. The van der Waals surface area contributed by atoms with Crippen LogP contribution < -0.4 is 5.73 Å². The first-order valence-corrected chi connectivity index (χ1v) is 7.48. The van der Waals surface area contributed by atoms with E-state index < -0.39 is 0 Å². The zero-order valence-corrected chi connectivity index (χ0v) is 12.0. The highest BCUT2D eigenvalue weighted by atomic mass is 32.1. The van der Waals surface area contributed by atoms with E-state index in [0.717, 1.165) is 28.4 Å². The zero-order chi connectivity index (χ0) is 13.7. The van der Waals surface area contributed by atoms with Gasteiger partial charge < -0.3 is 5.73 Å². The summed E-state index contributed by atoms with van der Waals surface area (Å²) in [5, 5.41) is 1.03. The SMILES string of the molecule is Cc1ccc2c(c1)-c1nc(-c3ccccc3N)sc1C2. The Morgan fingerprint density at radius 2 is 1.95 bits per heavy atom. The summed E-state index contributed by atoms with van der Waals surface area (Å²) in [6.07, 6.45) is 0.995. The van der Waals surface area contributed by atoms with Gasteiger partial charge in [-0.2, -0.15) is 0 Å². The highest BCUT2D eigenvalue weighted by molar-refractivity contribution is 7.15. The molecule has 1 aliphatic carbocycles. The van der Waals surface area contributed by atoms with Crippen molar-refractivity contribution in [1.82, 2.24) is 4.98 Å². The van der Waals surface area contributed by atoms with E-state index in [1.54, 1.807) is 11.3 Å². The van der Waals surface area contributed by atoms with E-state index in [0.29, 0.717) is 0 Å². The molecule has 0 radical (unpaired) electrons. The summed E-state index contributed by atoms with van der Waals surface area (Å²) in [4.78, 5) is 6.19. The molecule has 0 amide bonds. The number of thiazole rings is 1. The second-order valence-electron chi connectivity index (χ2n) is 5.22. The van der Waals surface area contributed by atoms with Gasteiger partial charge in [0.1, 0.15) is 5.01 Å². The van der Waals surface area contributed by atoms with Gasteiger partial charge in [-0.05, 0) is 30.7 Å². The molecule has 0 fully saturated rings. The van der Waals surface area contributed by atoms with E-state index in [4.69, 9.17) is 10.7 Å². The molecule has 1 aliphatic rings. The topological polar surface area (TPSA) is 38.9 Å². The maximum absolute atomic E-state index is 6.06. The van der Waals surface area contributed by atoms with Gasteiger partial charge in [0.25, 0.3) is 0 Å². The number of benzene rings is 2. The van der Waals surface area contributed by atoms with Crippen molar-refractivity contribution in [2.45, 2.75) is 13.3 Å². The number of nitrogens with two attached hydrogens (primary N) is 1. The smallest absolute Gasteiger partial charge is 0.126 e. The Morgan fingerprint density at radius 1 is 1.10 bits per heavy atom. The van der Waals surface area contributed by atoms with E-state index in [1.807, 2.05) is 24.3 Å². The Bertz CT molecular complexity index is 818. The van der Waals surface area contributed by atoms with Crippen molar-refractivity contribution >= 4 is 17.0 Å². The summed E-state index contributed by atoms with van der Waals surface area (Å²) in [6, 6.07) is 14.6. The fourth-order valence-corrected chi connectivity index (χ4v) is 3.87. The summed E-state index contributed by atoms with van der Waals surface area (Å²) in [7, 11) is 0. The average Bonchev–Trinajstić information content (AvgIpc) is 2.97. The number of nitrogen functional groups attached to an aromatic ring is 1. The Hall–Kier alpha value is -2.13. The molecular weight excluding hydrogens is 264 g/mol. The van der Waals surface area contributed by atoms with Crippen LogP contribution in [0.5, 0.6) is 0 Å². The fraction of sp³-hybridized carbons (Fsp3) is 0.118. The van der Waals surface area contributed by atoms with Crippen molar-refractivity contribution in [3.05, 3.63) is 58.5 Å². The van der Waals surface area contributed by atoms with E-state index in [9.17, 15) is 0 Å². The first-order valence-electron chi connectivity index (χ1n) is 6.67. The lowest BCUT2D eigenvalue weighted by Crippen LogP contribution is -1.89. The number of fused-ring (bicyclic) bond motifs is 3. The molecule has 1 heterocycles. The minimum absolute atomic E-state index is 0.796. The Balaban J connectivity index is 1.87. The zero-order valence-electron chi connectivity index (χ0n) is 11.2. The summed E-state index contributed by atoms with van der Waals surface area (Å²) < 4.78 is 0.